The molecule has 1 amide bonds. The molecule has 0 radical (unpaired) electrons. The fraction of sp³-hybridized carbons (Fsp3) is 0.533. The number of likely N-dealkylation sites (N-methyl/N-ethyl adjacent to an activating group) is 1. The van der Waals surface area contributed by atoms with Crippen LogP contribution in [-0.4, -0.2) is 50.2 Å². The summed E-state index contributed by atoms with van der Waals surface area (Å²) in [6, 6.07) is 5.62. The van der Waals surface area contributed by atoms with Crippen LogP contribution in [0, 0.1) is 6.92 Å². The Labute approximate surface area is 120 Å². The van der Waals surface area contributed by atoms with E-state index in [9.17, 15) is 4.79 Å². The van der Waals surface area contributed by atoms with Crippen molar-refractivity contribution in [3.05, 3.63) is 34.9 Å². The first-order valence-corrected chi connectivity index (χ1v) is 6.96. The highest BCUT2D eigenvalue weighted by atomic mass is 16.5. The maximum absolute atomic E-state index is 11.1. The lowest BCUT2D eigenvalue weighted by atomic mass is 10.0. The number of carbonyl (C=O) groups excluding carboxylic acids is 1. The van der Waals surface area contributed by atoms with Crippen LogP contribution in [0.5, 0.6) is 0 Å². The van der Waals surface area contributed by atoms with Crippen LogP contribution in [0.1, 0.15) is 21.5 Å². The molecule has 1 heterocycles. The van der Waals surface area contributed by atoms with E-state index in [-0.39, 0.29) is 12.0 Å². The molecule has 0 spiro atoms. The van der Waals surface area contributed by atoms with E-state index in [2.05, 4.69) is 17.3 Å². The Kier molecular flexibility index (Phi) is 5.11. The molecule has 110 valence electrons. The third kappa shape index (κ3) is 4.03. The third-order valence-corrected chi connectivity index (χ3v) is 3.59. The minimum atomic E-state index is -0.380. The summed E-state index contributed by atoms with van der Waals surface area (Å²) in [7, 11) is 2.08. The smallest absolute Gasteiger partial charge is 0.248 e. The number of amides is 1. The summed E-state index contributed by atoms with van der Waals surface area (Å²) < 4.78 is 5.70. The summed E-state index contributed by atoms with van der Waals surface area (Å²) in [5, 5.41) is 3.33. The highest BCUT2D eigenvalue weighted by molar-refractivity contribution is 5.93. The zero-order valence-corrected chi connectivity index (χ0v) is 12.2. The standard InChI is InChI=1S/C15H23N3O2/c1-11-7-12(15(16)19)3-4-13(11)9-18(2)10-14-8-17-5-6-20-14/h3-4,7,14,17H,5-6,8-10H2,1-2H3,(H2,16,19). The Bertz CT molecular complexity index is 470. The monoisotopic (exact) mass is 277 g/mol. The minimum absolute atomic E-state index is 0.249. The van der Waals surface area contributed by atoms with Gasteiger partial charge in [0.2, 0.25) is 5.91 Å². The van der Waals surface area contributed by atoms with Gasteiger partial charge >= 0.3 is 0 Å². The quantitative estimate of drug-likeness (QED) is 0.823. The topological polar surface area (TPSA) is 67.6 Å². The highest BCUT2D eigenvalue weighted by Gasteiger charge is 2.16. The van der Waals surface area contributed by atoms with E-state index in [1.165, 1.54) is 5.56 Å². The Balaban J connectivity index is 1.93. The Morgan fingerprint density at radius 2 is 2.35 bits per heavy atom. The molecular weight excluding hydrogens is 254 g/mol. The van der Waals surface area contributed by atoms with Crippen LogP contribution in [0.25, 0.3) is 0 Å². The maximum Gasteiger partial charge on any atom is 0.248 e. The molecule has 0 aliphatic carbocycles. The third-order valence-electron chi connectivity index (χ3n) is 3.59. The van der Waals surface area contributed by atoms with Gasteiger partial charge in [-0.25, -0.2) is 0 Å². The lowest BCUT2D eigenvalue weighted by Crippen LogP contribution is -2.44. The summed E-state index contributed by atoms with van der Waals surface area (Å²) >= 11 is 0. The van der Waals surface area contributed by atoms with E-state index in [1.54, 1.807) is 6.07 Å². The van der Waals surface area contributed by atoms with Crippen LogP contribution in [-0.2, 0) is 11.3 Å². The van der Waals surface area contributed by atoms with Gasteiger partial charge in [-0.3, -0.25) is 9.69 Å². The van der Waals surface area contributed by atoms with Gasteiger partial charge in [-0.2, -0.15) is 0 Å². The average molecular weight is 277 g/mol. The largest absolute Gasteiger partial charge is 0.374 e. The molecule has 0 bridgehead atoms. The zero-order chi connectivity index (χ0) is 14.5. The number of morpholine rings is 1. The molecule has 1 unspecified atom stereocenters. The molecule has 0 aromatic heterocycles. The van der Waals surface area contributed by atoms with Crippen molar-refractivity contribution in [3.8, 4) is 0 Å². The predicted molar refractivity (Wildman–Crippen MR) is 78.6 cm³/mol. The van der Waals surface area contributed by atoms with Crippen LogP contribution in [0.2, 0.25) is 0 Å². The van der Waals surface area contributed by atoms with Gasteiger partial charge < -0.3 is 15.8 Å². The van der Waals surface area contributed by atoms with Crippen molar-refractivity contribution in [2.24, 2.45) is 5.73 Å². The van der Waals surface area contributed by atoms with Crippen molar-refractivity contribution in [1.29, 1.82) is 0 Å². The first-order chi connectivity index (χ1) is 9.56. The van der Waals surface area contributed by atoms with Crippen molar-refractivity contribution in [3.63, 3.8) is 0 Å². The molecule has 5 heteroatoms. The number of hydrogen-bond donors (Lipinski definition) is 2. The summed E-state index contributed by atoms with van der Waals surface area (Å²) in [5.41, 5.74) is 8.15. The molecule has 1 saturated heterocycles. The van der Waals surface area contributed by atoms with Crippen LogP contribution in [0.4, 0.5) is 0 Å². The highest BCUT2D eigenvalue weighted by Crippen LogP contribution is 2.13. The van der Waals surface area contributed by atoms with Gasteiger partial charge in [0.25, 0.3) is 0 Å². The number of ether oxygens (including phenoxy) is 1. The molecule has 20 heavy (non-hydrogen) atoms. The molecule has 3 N–H and O–H groups in total. The number of nitrogens with one attached hydrogen (secondary N) is 1. The van der Waals surface area contributed by atoms with Gasteiger partial charge in [0.1, 0.15) is 0 Å². The minimum Gasteiger partial charge on any atom is -0.374 e. The van der Waals surface area contributed by atoms with Crippen molar-refractivity contribution in [2.45, 2.75) is 19.6 Å². The number of primary amides is 1. The second kappa shape index (κ2) is 6.83. The molecule has 1 aliphatic heterocycles. The number of rotatable bonds is 5. The Morgan fingerprint density at radius 3 is 2.95 bits per heavy atom. The van der Waals surface area contributed by atoms with Crippen LogP contribution < -0.4 is 11.1 Å². The molecular formula is C15H23N3O2. The van der Waals surface area contributed by atoms with Crippen LogP contribution in [0.3, 0.4) is 0 Å². The number of nitrogens with two attached hydrogens (primary N) is 1. The normalized spacial score (nSPS) is 19.2. The second-order valence-corrected chi connectivity index (χ2v) is 5.40. The number of carbonyl (C=O) groups is 1. The lowest BCUT2D eigenvalue weighted by molar-refractivity contribution is 0.00882. The van der Waals surface area contributed by atoms with E-state index in [0.717, 1.165) is 38.3 Å². The summed E-state index contributed by atoms with van der Waals surface area (Å²) in [5.74, 6) is -0.380. The molecule has 1 atom stereocenters. The molecule has 1 aromatic carbocycles. The number of nitrogens with zero attached hydrogens (tertiary/aromatic N) is 1. The molecule has 1 aromatic rings. The number of aryl methyl sites for hydroxylation is 1. The van der Waals surface area contributed by atoms with Crippen molar-refractivity contribution in [2.75, 3.05) is 33.3 Å². The zero-order valence-electron chi connectivity index (χ0n) is 12.2. The molecule has 1 fully saturated rings. The SMILES string of the molecule is Cc1cc(C(N)=O)ccc1CN(C)CC1CNCCO1. The fourth-order valence-corrected chi connectivity index (χ4v) is 2.47. The number of hydrogen-bond acceptors (Lipinski definition) is 4. The van der Waals surface area contributed by atoms with Gasteiger partial charge in [-0.15, -0.1) is 0 Å². The predicted octanol–water partition coefficient (Wildman–Crippen LogP) is 0.514. The molecule has 1 aliphatic rings. The summed E-state index contributed by atoms with van der Waals surface area (Å²) in [4.78, 5) is 13.4. The molecule has 0 saturated carbocycles. The van der Waals surface area contributed by atoms with E-state index in [1.807, 2.05) is 19.1 Å². The van der Waals surface area contributed by atoms with Gasteiger partial charge in [0.15, 0.2) is 0 Å². The maximum atomic E-state index is 11.1. The second-order valence-electron chi connectivity index (χ2n) is 5.40. The van der Waals surface area contributed by atoms with Crippen molar-refractivity contribution in [1.82, 2.24) is 10.2 Å². The van der Waals surface area contributed by atoms with Crippen LogP contribution >= 0.6 is 0 Å². The summed E-state index contributed by atoms with van der Waals surface area (Å²) in [6.45, 7) is 6.37. The van der Waals surface area contributed by atoms with Gasteiger partial charge in [-0.1, -0.05) is 6.07 Å². The summed E-state index contributed by atoms with van der Waals surface area (Å²) in [6.07, 6.45) is 0.249. The average Bonchev–Trinajstić information content (AvgIpc) is 2.42. The lowest BCUT2D eigenvalue weighted by Gasteiger charge is -2.28. The fourth-order valence-electron chi connectivity index (χ4n) is 2.47. The van der Waals surface area contributed by atoms with Crippen LogP contribution in [0.15, 0.2) is 18.2 Å². The van der Waals surface area contributed by atoms with E-state index in [4.69, 9.17) is 10.5 Å². The first-order valence-electron chi connectivity index (χ1n) is 6.96. The van der Waals surface area contributed by atoms with Crippen molar-refractivity contribution < 1.29 is 9.53 Å². The first kappa shape index (κ1) is 15.0. The van der Waals surface area contributed by atoms with E-state index < -0.39 is 0 Å². The van der Waals surface area contributed by atoms with E-state index in [0.29, 0.717) is 5.56 Å². The molecule has 5 nitrogen and oxygen atoms in total. The molecule has 2 rings (SSSR count). The Hall–Kier alpha value is -1.43. The van der Waals surface area contributed by atoms with Gasteiger partial charge in [0, 0.05) is 31.7 Å². The van der Waals surface area contributed by atoms with E-state index >= 15 is 0 Å². The van der Waals surface area contributed by atoms with Gasteiger partial charge in [0.05, 0.1) is 12.7 Å². The van der Waals surface area contributed by atoms with Gasteiger partial charge in [-0.05, 0) is 37.2 Å². The van der Waals surface area contributed by atoms with Crippen molar-refractivity contribution >= 4 is 5.91 Å². The number of benzene rings is 1. The Morgan fingerprint density at radius 1 is 1.55 bits per heavy atom.